The van der Waals surface area contributed by atoms with Gasteiger partial charge in [-0.15, -0.1) is 0 Å². The van der Waals surface area contributed by atoms with Gasteiger partial charge in [-0.1, -0.05) is 19.9 Å². The van der Waals surface area contributed by atoms with Gasteiger partial charge >= 0.3 is 0 Å². The Hall–Kier alpha value is -2.91. The van der Waals surface area contributed by atoms with Crippen LogP contribution in [-0.2, 0) is 0 Å². The molecule has 27 heavy (non-hydrogen) atoms. The van der Waals surface area contributed by atoms with Gasteiger partial charge in [-0.3, -0.25) is 0 Å². The molecule has 0 radical (unpaired) electrons. The molecule has 3 aromatic rings. The number of aryl methyl sites for hydroxylation is 1. The smallest absolute Gasteiger partial charge is 0.161 e. The number of aromatic nitrogens is 3. The van der Waals surface area contributed by atoms with E-state index in [1.165, 1.54) is 0 Å². The summed E-state index contributed by atoms with van der Waals surface area (Å²) in [6.45, 7) is 8.53. The number of nitrogens with zero attached hydrogens (tertiary/aromatic N) is 4. The molecule has 1 aromatic carbocycles. The fraction of sp³-hybridized carbons (Fsp3) is 0.381. The largest absolute Gasteiger partial charge is 0.490 e. The van der Waals surface area contributed by atoms with Crippen LogP contribution < -0.4 is 10.5 Å². The maximum atomic E-state index is 9.59. The highest BCUT2D eigenvalue weighted by Gasteiger charge is 2.22. The number of hydrogen-bond donors (Lipinski definition) is 1. The van der Waals surface area contributed by atoms with E-state index >= 15 is 0 Å². The van der Waals surface area contributed by atoms with Crippen LogP contribution in [0.1, 0.15) is 38.4 Å². The van der Waals surface area contributed by atoms with Crippen LogP contribution in [0.15, 0.2) is 36.7 Å². The molecule has 0 aliphatic rings. The maximum absolute atomic E-state index is 9.59. The number of imidazole rings is 1. The van der Waals surface area contributed by atoms with Crippen LogP contribution in [0.4, 0.5) is 0 Å². The fourth-order valence-corrected chi connectivity index (χ4v) is 3.38. The van der Waals surface area contributed by atoms with E-state index in [4.69, 9.17) is 10.5 Å². The average Bonchev–Trinajstić information content (AvgIpc) is 2.99. The molecule has 1 atom stereocenters. The van der Waals surface area contributed by atoms with Crippen molar-refractivity contribution in [3.05, 3.63) is 47.9 Å². The Labute approximate surface area is 159 Å². The van der Waals surface area contributed by atoms with E-state index in [0.717, 1.165) is 28.9 Å². The number of fused-ring (bicyclic) bond motifs is 1. The maximum Gasteiger partial charge on any atom is 0.161 e. The molecule has 0 spiro atoms. The van der Waals surface area contributed by atoms with Gasteiger partial charge in [0, 0.05) is 17.3 Å². The first-order chi connectivity index (χ1) is 12.8. The van der Waals surface area contributed by atoms with Crippen LogP contribution in [-0.4, -0.2) is 26.7 Å². The van der Waals surface area contributed by atoms with E-state index in [-0.39, 0.29) is 0 Å². The van der Waals surface area contributed by atoms with Crippen LogP contribution in [0, 0.1) is 24.2 Å². The minimum atomic E-state index is -0.440. The lowest BCUT2D eigenvalue weighted by molar-refractivity contribution is 0.206. The van der Waals surface area contributed by atoms with Gasteiger partial charge in [0.05, 0.1) is 17.5 Å². The highest BCUT2D eigenvalue weighted by Crippen LogP contribution is 2.29. The summed E-state index contributed by atoms with van der Waals surface area (Å²) in [7, 11) is 0. The molecular weight excluding hydrogens is 338 g/mol. The Kier molecular flexibility index (Phi) is 5.15. The summed E-state index contributed by atoms with van der Waals surface area (Å²) < 4.78 is 7.64. The first kappa shape index (κ1) is 18.9. The number of ether oxygens (including phenoxy) is 1. The molecule has 0 fully saturated rings. The molecule has 0 amide bonds. The van der Waals surface area contributed by atoms with E-state index in [0.29, 0.717) is 23.8 Å². The molecular formula is C21H25N5O. The van der Waals surface area contributed by atoms with Crippen molar-refractivity contribution in [3.8, 4) is 22.9 Å². The average molecular weight is 363 g/mol. The lowest BCUT2D eigenvalue weighted by Gasteiger charge is -2.26. The van der Waals surface area contributed by atoms with E-state index < -0.39 is 5.54 Å². The Morgan fingerprint density at radius 1 is 1.33 bits per heavy atom. The molecule has 2 heterocycles. The summed E-state index contributed by atoms with van der Waals surface area (Å²) in [6.07, 6.45) is 4.45. The Bertz CT molecular complexity index is 997. The Morgan fingerprint density at radius 3 is 2.81 bits per heavy atom. The molecule has 3 rings (SSSR count). The van der Waals surface area contributed by atoms with Crippen molar-refractivity contribution < 1.29 is 4.74 Å². The number of hydrogen-bond acceptors (Lipinski definition) is 5. The van der Waals surface area contributed by atoms with Crippen LogP contribution >= 0.6 is 0 Å². The van der Waals surface area contributed by atoms with E-state index in [1.807, 2.05) is 44.3 Å². The van der Waals surface area contributed by atoms with Crippen LogP contribution in [0.2, 0.25) is 0 Å². The molecule has 6 heteroatoms. The number of nitriles is 1. The van der Waals surface area contributed by atoms with Gasteiger partial charge in [-0.2, -0.15) is 10.4 Å². The van der Waals surface area contributed by atoms with Crippen LogP contribution in [0.25, 0.3) is 16.8 Å². The number of rotatable bonds is 6. The Balaban J connectivity index is 1.89. The number of benzene rings is 1. The second-order valence-electron chi connectivity index (χ2n) is 7.76. The zero-order chi connectivity index (χ0) is 19.6. The molecule has 6 nitrogen and oxygen atoms in total. The molecule has 0 saturated carbocycles. The summed E-state index contributed by atoms with van der Waals surface area (Å²) >= 11 is 0. The highest BCUT2D eigenvalue weighted by atomic mass is 16.5. The summed E-state index contributed by atoms with van der Waals surface area (Å²) in [5.74, 6) is 1.03. The second kappa shape index (κ2) is 7.37. The van der Waals surface area contributed by atoms with E-state index in [1.54, 1.807) is 10.7 Å². The predicted octanol–water partition coefficient (Wildman–Crippen LogP) is 3.72. The summed E-state index contributed by atoms with van der Waals surface area (Å²) in [6, 6.07) is 9.71. The minimum absolute atomic E-state index is 0.359. The predicted molar refractivity (Wildman–Crippen MR) is 105 cm³/mol. The van der Waals surface area contributed by atoms with Crippen LogP contribution in [0.5, 0.6) is 5.75 Å². The van der Waals surface area contributed by atoms with Crippen molar-refractivity contribution in [1.82, 2.24) is 14.6 Å². The standard InChI is InChI=1S/C21H25N5O/c1-14(2)10-21(4,23)13-27-19-6-5-16(9-17(19)11-22)18-7-8-24-26-12-15(3)25-20(18)26/h5-9,12,14H,10,13,23H2,1-4H3. The van der Waals surface area contributed by atoms with Gasteiger partial charge in [0.15, 0.2) is 5.65 Å². The zero-order valence-corrected chi connectivity index (χ0v) is 16.2. The lowest BCUT2D eigenvalue weighted by atomic mass is 9.93. The first-order valence-electron chi connectivity index (χ1n) is 9.06. The van der Waals surface area contributed by atoms with Gasteiger partial charge < -0.3 is 10.5 Å². The molecule has 1 unspecified atom stereocenters. The van der Waals surface area contributed by atoms with Crippen molar-refractivity contribution in [2.45, 2.75) is 39.7 Å². The minimum Gasteiger partial charge on any atom is -0.490 e. The normalized spacial score (nSPS) is 13.5. The van der Waals surface area contributed by atoms with Crippen molar-refractivity contribution >= 4 is 5.65 Å². The van der Waals surface area contributed by atoms with E-state index in [2.05, 4.69) is 30.0 Å². The van der Waals surface area contributed by atoms with Gasteiger partial charge in [0.1, 0.15) is 18.4 Å². The van der Waals surface area contributed by atoms with Gasteiger partial charge in [-0.25, -0.2) is 9.50 Å². The monoisotopic (exact) mass is 363 g/mol. The van der Waals surface area contributed by atoms with Crippen molar-refractivity contribution in [2.24, 2.45) is 11.7 Å². The molecule has 2 aromatic heterocycles. The first-order valence-corrected chi connectivity index (χ1v) is 9.06. The molecule has 0 aliphatic heterocycles. The molecule has 140 valence electrons. The van der Waals surface area contributed by atoms with E-state index in [9.17, 15) is 5.26 Å². The summed E-state index contributed by atoms with van der Waals surface area (Å²) in [4.78, 5) is 4.53. The summed E-state index contributed by atoms with van der Waals surface area (Å²) in [5, 5.41) is 13.9. The van der Waals surface area contributed by atoms with Crippen LogP contribution in [0.3, 0.4) is 0 Å². The third-order valence-corrected chi connectivity index (χ3v) is 4.32. The second-order valence-corrected chi connectivity index (χ2v) is 7.76. The number of nitrogens with two attached hydrogens (primary N) is 1. The van der Waals surface area contributed by atoms with Crippen molar-refractivity contribution in [3.63, 3.8) is 0 Å². The third kappa shape index (κ3) is 4.26. The highest BCUT2D eigenvalue weighted by molar-refractivity contribution is 5.78. The van der Waals surface area contributed by atoms with Gasteiger partial charge in [0.25, 0.3) is 0 Å². The SMILES string of the molecule is Cc1cn2nccc(-c3ccc(OCC(C)(N)CC(C)C)c(C#N)c3)c2n1. The molecule has 0 saturated heterocycles. The fourth-order valence-electron chi connectivity index (χ4n) is 3.38. The van der Waals surface area contributed by atoms with Crippen molar-refractivity contribution in [1.29, 1.82) is 5.26 Å². The third-order valence-electron chi connectivity index (χ3n) is 4.32. The topological polar surface area (TPSA) is 89.2 Å². The van der Waals surface area contributed by atoms with Gasteiger partial charge in [-0.05, 0) is 49.9 Å². The lowest BCUT2D eigenvalue weighted by Crippen LogP contribution is -2.43. The Morgan fingerprint density at radius 2 is 2.11 bits per heavy atom. The van der Waals surface area contributed by atoms with Crippen molar-refractivity contribution in [2.75, 3.05) is 6.61 Å². The van der Waals surface area contributed by atoms with Gasteiger partial charge in [0.2, 0.25) is 0 Å². The quantitative estimate of drug-likeness (QED) is 0.721. The zero-order valence-electron chi connectivity index (χ0n) is 16.2. The summed E-state index contributed by atoms with van der Waals surface area (Å²) in [5.41, 5.74) is 9.83. The molecule has 0 bridgehead atoms. The molecule has 2 N–H and O–H groups in total. The molecule has 0 aliphatic carbocycles.